The van der Waals surface area contributed by atoms with Crippen LogP contribution in [0.2, 0.25) is 0 Å². The molecule has 0 saturated carbocycles. The number of H-pyrrole nitrogens is 1. The fraction of sp³-hybridized carbons (Fsp3) is 0.458. The van der Waals surface area contributed by atoms with E-state index in [2.05, 4.69) is 40.5 Å². The Morgan fingerprint density at radius 3 is 2.84 bits per heavy atom. The zero-order valence-electron chi connectivity index (χ0n) is 18.5. The second-order valence-corrected chi connectivity index (χ2v) is 8.64. The molecule has 1 aromatic carbocycles. The summed E-state index contributed by atoms with van der Waals surface area (Å²) in [5.74, 6) is 0.933. The molecule has 0 radical (unpaired) electrons. The van der Waals surface area contributed by atoms with Gasteiger partial charge < -0.3 is 20.2 Å². The van der Waals surface area contributed by atoms with Gasteiger partial charge in [0.1, 0.15) is 11.4 Å². The van der Waals surface area contributed by atoms with Crippen molar-refractivity contribution in [2.45, 2.75) is 46.6 Å². The van der Waals surface area contributed by atoms with Crippen molar-refractivity contribution in [2.75, 3.05) is 19.6 Å². The number of imidazole rings is 1. The SMILES string of the molecule is Cc1ccn(CC2CCCNC2)c(=O)c1C(=O)NCCc1nc2c(C)c(C)ccc2[nH]1. The zero-order chi connectivity index (χ0) is 22.0. The summed E-state index contributed by atoms with van der Waals surface area (Å²) in [5.41, 5.74) is 5.08. The molecule has 7 nitrogen and oxygen atoms in total. The predicted octanol–water partition coefficient (Wildman–Crippen LogP) is 2.62. The number of amides is 1. The van der Waals surface area contributed by atoms with E-state index < -0.39 is 0 Å². The Morgan fingerprint density at radius 2 is 2.06 bits per heavy atom. The Kier molecular flexibility index (Phi) is 6.23. The first-order valence-corrected chi connectivity index (χ1v) is 11.1. The summed E-state index contributed by atoms with van der Waals surface area (Å²) >= 11 is 0. The van der Waals surface area contributed by atoms with Crippen LogP contribution in [-0.4, -0.2) is 40.1 Å². The van der Waals surface area contributed by atoms with Gasteiger partial charge in [-0.3, -0.25) is 9.59 Å². The van der Waals surface area contributed by atoms with Crippen LogP contribution < -0.4 is 16.2 Å². The van der Waals surface area contributed by atoms with Crippen molar-refractivity contribution in [1.29, 1.82) is 0 Å². The summed E-state index contributed by atoms with van der Waals surface area (Å²) in [6.07, 6.45) is 4.61. The van der Waals surface area contributed by atoms with Crippen molar-refractivity contribution in [3.05, 3.63) is 62.8 Å². The van der Waals surface area contributed by atoms with Gasteiger partial charge in [-0.15, -0.1) is 0 Å². The van der Waals surface area contributed by atoms with E-state index in [-0.39, 0.29) is 17.0 Å². The third-order valence-corrected chi connectivity index (χ3v) is 6.33. The molecule has 1 fully saturated rings. The normalized spacial score (nSPS) is 16.5. The summed E-state index contributed by atoms with van der Waals surface area (Å²) in [7, 11) is 0. The molecular formula is C24H31N5O2. The van der Waals surface area contributed by atoms with Crippen LogP contribution in [0.15, 0.2) is 29.2 Å². The minimum atomic E-state index is -0.318. The van der Waals surface area contributed by atoms with Crippen LogP contribution in [0.4, 0.5) is 0 Å². The molecule has 0 spiro atoms. The number of carbonyl (C=O) groups excluding carboxylic acids is 1. The lowest BCUT2D eigenvalue weighted by Gasteiger charge is -2.23. The number of aryl methyl sites for hydroxylation is 3. The quantitative estimate of drug-likeness (QED) is 0.571. The molecule has 7 heteroatoms. The minimum Gasteiger partial charge on any atom is -0.351 e. The van der Waals surface area contributed by atoms with Crippen molar-refractivity contribution in [1.82, 2.24) is 25.2 Å². The van der Waals surface area contributed by atoms with E-state index in [4.69, 9.17) is 0 Å². The molecule has 1 amide bonds. The topological polar surface area (TPSA) is 91.8 Å². The smallest absolute Gasteiger partial charge is 0.263 e. The second-order valence-electron chi connectivity index (χ2n) is 8.64. The van der Waals surface area contributed by atoms with Crippen LogP contribution in [0.3, 0.4) is 0 Å². The van der Waals surface area contributed by atoms with E-state index in [0.717, 1.165) is 48.4 Å². The van der Waals surface area contributed by atoms with Gasteiger partial charge in [0.2, 0.25) is 0 Å². The largest absolute Gasteiger partial charge is 0.351 e. The van der Waals surface area contributed by atoms with Crippen LogP contribution >= 0.6 is 0 Å². The number of nitrogens with one attached hydrogen (secondary N) is 3. The molecule has 31 heavy (non-hydrogen) atoms. The summed E-state index contributed by atoms with van der Waals surface area (Å²) in [6.45, 7) is 8.96. The van der Waals surface area contributed by atoms with Crippen molar-refractivity contribution >= 4 is 16.9 Å². The molecule has 1 saturated heterocycles. The number of hydrogen-bond acceptors (Lipinski definition) is 4. The van der Waals surface area contributed by atoms with Gasteiger partial charge in [-0.25, -0.2) is 4.98 Å². The molecule has 1 aliphatic rings. The number of pyridine rings is 1. The Balaban J connectivity index is 1.43. The molecule has 3 heterocycles. The summed E-state index contributed by atoms with van der Waals surface area (Å²) < 4.78 is 1.68. The Bertz CT molecular complexity index is 1150. The first-order valence-electron chi connectivity index (χ1n) is 11.1. The van der Waals surface area contributed by atoms with E-state index in [1.54, 1.807) is 4.57 Å². The van der Waals surface area contributed by atoms with Gasteiger partial charge in [-0.2, -0.15) is 0 Å². The van der Waals surface area contributed by atoms with E-state index >= 15 is 0 Å². The Hall–Kier alpha value is -2.93. The van der Waals surface area contributed by atoms with Crippen LogP contribution in [0.1, 0.15) is 45.7 Å². The molecule has 3 aromatic rings. The van der Waals surface area contributed by atoms with E-state index in [1.165, 1.54) is 5.56 Å². The van der Waals surface area contributed by atoms with Crippen molar-refractivity contribution in [2.24, 2.45) is 5.92 Å². The van der Waals surface area contributed by atoms with Crippen LogP contribution in [0, 0.1) is 26.7 Å². The fourth-order valence-corrected chi connectivity index (χ4v) is 4.31. The molecule has 1 unspecified atom stereocenters. The lowest BCUT2D eigenvalue weighted by Crippen LogP contribution is -2.38. The second kappa shape index (κ2) is 9.06. The fourth-order valence-electron chi connectivity index (χ4n) is 4.31. The summed E-state index contributed by atoms with van der Waals surface area (Å²) in [4.78, 5) is 33.8. The highest BCUT2D eigenvalue weighted by molar-refractivity contribution is 5.95. The summed E-state index contributed by atoms with van der Waals surface area (Å²) in [5, 5.41) is 6.28. The van der Waals surface area contributed by atoms with Crippen molar-refractivity contribution < 1.29 is 4.79 Å². The third-order valence-electron chi connectivity index (χ3n) is 6.33. The molecule has 1 aliphatic heterocycles. The molecule has 2 aromatic heterocycles. The molecule has 164 valence electrons. The minimum absolute atomic E-state index is 0.210. The lowest BCUT2D eigenvalue weighted by molar-refractivity contribution is 0.0951. The van der Waals surface area contributed by atoms with Gasteiger partial charge in [0.05, 0.1) is 11.0 Å². The van der Waals surface area contributed by atoms with Crippen molar-refractivity contribution in [3.8, 4) is 0 Å². The van der Waals surface area contributed by atoms with Crippen LogP contribution in [0.25, 0.3) is 11.0 Å². The number of fused-ring (bicyclic) bond motifs is 1. The molecular weight excluding hydrogens is 390 g/mol. The Morgan fingerprint density at radius 1 is 1.23 bits per heavy atom. The maximum atomic E-state index is 13.0. The first-order chi connectivity index (χ1) is 14.9. The van der Waals surface area contributed by atoms with E-state index in [1.807, 2.05) is 25.3 Å². The number of hydrogen-bond donors (Lipinski definition) is 3. The third kappa shape index (κ3) is 4.56. The van der Waals surface area contributed by atoms with Gasteiger partial charge in [0.15, 0.2) is 0 Å². The maximum absolute atomic E-state index is 13.0. The number of piperidine rings is 1. The number of carbonyl (C=O) groups is 1. The maximum Gasteiger partial charge on any atom is 0.263 e. The molecule has 0 bridgehead atoms. The lowest BCUT2D eigenvalue weighted by atomic mass is 9.99. The summed E-state index contributed by atoms with van der Waals surface area (Å²) in [6, 6.07) is 5.97. The van der Waals surface area contributed by atoms with E-state index in [9.17, 15) is 9.59 Å². The van der Waals surface area contributed by atoms with Gasteiger partial charge in [0.25, 0.3) is 11.5 Å². The van der Waals surface area contributed by atoms with Gasteiger partial charge in [-0.05, 0) is 81.4 Å². The monoisotopic (exact) mass is 421 g/mol. The highest BCUT2D eigenvalue weighted by atomic mass is 16.2. The van der Waals surface area contributed by atoms with Crippen molar-refractivity contribution in [3.63, 3.8) is 0 Å². The zero-order valence-corrected chi connectivity index (χ0v) is 18.5. The van der Waals surface area contributed by atoms with Gasteiger partial charge in [-0.1, -0.05) is 6.07 Å². The standard InChI is InChI=1S/C24H31N5O2/c1-15-6-7-19-22(17(15)3)28-20(27-19)8-11-26-23(30)21-16(2)9-12-29(24(21)31)14-18-5-4-10-25-13-18/h6-7,9,12,18,25H,4-5,8,10-11,13-14H2,1-3H3,(H,26,30)(H,27,28). The number of benzene rings is 1. The predicted molar refractivity (Wildman–Crippen MR) is 123 cm³/mol. The highest BCUT2D eigenvalue weighted by Crippen LogP contribution is 2.19. The Labute approximate surface area is 182 Å². The number of nitrogens with zero attached hydrogens (tertiary/aromatic N) is 2. The van der Waals surface area contributed by atoms with Gasteiger partial charge in [0, 0.05) is 25.7 Å². The highest BCUT2D eigenvalue weighted by Gasteiger charge is 2.19. The molecule has 3 N–H and O–H groups in total. The van der Waals surface area contributed by atoms with Gasteiger partial charge >= 0.3 is 0 Å². The molecule has 1 atom stereocenters. The number of rotatable bonds is 6. The van der Waals surface area contributed by atoms with Crippen LogP contribution in [0.5, 0.6) is 0 Å². The number of aromatic nitrogens is 3. The average Bonchev–Trinajstić information content (AvgIpc) is 3.17. The molecule has 0 aliphatic carbocycles. The average molecular weight is 422 g/mol. The van der Waals surface area contributed by atoms with E-state index in [0.29, 0.717) is 31.0 Å². The van der Waals surface area contributed by atoms with Crippen LogP contribution in [-0.2, 0) is 13.0 Å². The molecule has 4 rings (SSSR count). The first kappa shape index (κ1) is 21.3. The number of aromatic amines is 1.